The third kappa shape index (κ3) is 6.22. The van der Waals surface area contributed by atoms with E-state index in [0.29, 0.717) is 0 Å². The molecule has 1 unspecified atom stereocenters. The van der Waals surface area contributed by atoms with Crippen molar-refractivity contribution in [3.8, 4) is 0 Å². The van der Waals surface area contributed by atoms with Crippen molar-refractivity contribution in [2.75, 3.05) is 6.54 Å². The summed E-state index contributed by atoms with van der Waals surface area (Å²) in [7, 11) is 0. The summed E-state index contributed by atoms with van der Waals surface area (Å²) in [6.45, 7) is 1.90. The van der Waals surface area contributed by atoms with E-state index in [1.54, 1.807) is 6.92 Å². The Morgan fingerprint density at radius 2 is 1.89 bits per heavy atom. The number of carbonyl (C=O) groups is 3. The van der Waals surface area contributed by atoms with Gasteiger partial charge in [0.15, 0.2) is 0 Å². The van der Waals surface area contributed by atoms with E-state index in [0.717, 1.165) is 25.7 Å². The SMILES string of the molecule is CC(CC(=O)NCCC(=O)O)NC(=O)C1CCCC1. The molecule has 0 aromatic heterocycles. The topological polar surface area (TPSA) is 95.5 Å². The molecule has 6 heteroatoms. The number of carbonyl (C=O) groups excluding carboxylic acids is 2. The van der Waals surface area contributed by atoms with Crippen LogP contribution in [0.15, 0.2) is 0 Å². The summed E-state index contributed by atoms with van der Waals surface area (Å²) in [5, 5.41) is 13.8. The van der Waals surface area contributed by atoms with E-state index < -0.39 is 5.97 Å². The van der Waals surface area contributed by atoms with Crippen molar-refractivity contribution in [3.63, 3.8) is 0 Å². The summed E-state index contributed by atoms with van der Waals surface area (Å²) in [6.07, 6.45) is 4.16. The van der Waals surface area contributed by atoms with Gasteiger partial charge in [0.2, 0.25) is 11.8 Å². The Bertz CT molecular complexity index is 338. The van der Waals surface area contributed by atoms with Gasteiger partial charge >= 0.3 is 5.97 Å². The largest absolute Gasteiger partial charge is 0.481 e. The predicted molar refractivity (Wildman–Crippen MR) is 69.4 cm³/mol. The quantitative estimate of drug-likeness (QED) is 0.633. The molecule has 1 aliphatic carbocycles. The molecule has 0 aromatic rings. The average molecular weight is 270 g/mol. The third-order valence-corrected chi connectivity index (χ3v) is 3.27. The highest BCUT2D eigenvalue weighted by atomic mass is 16.4. The van der Waals surface area contributed by atoms with Gasteiger partial charge in [-0.15, -0.1) is 0 Å². The van der Waals surface area contributed by atoms with Gasteiger partial charge in [0.05, 0.1) is 6.42 Å². The first-order valence-electron chi connectivity index (χ1n) is 6.78. The lowest BCUT2D eigenvalue weighted by Gasteiger charge is -2.16. The Labute approximate surface area is 112 Å². The van der Waals surface area contributed by atoms with Crippen LogP contribution in [-0.4, -0.2) is 35.5 Å². The van der Waals surface area contributed by atoms with Crippen LogP contribution >= 0.6 is 0 Å². The molecule has 3 N–H and O–H groups in total. The van der Waals surface area contributed by atoms with Crippen LogP contribution in [0, 0.1) is 5.92 Å². The van der Waals surface area contributed by atoms with Gasteiger partial charge in [0, 0.05) is 24.9 Å². The summed E-state index contributed by atoms with van der Waals surface area (Å²) in [5.74, 6) is -1.05. The summed E-state index contributed by atoms with van der Waals surface area (Å²) in [6, 6.07) is -0.224. The monoisotopic (exact) mass is 270 g/mol. The first kappa shape index (κ1) is 15.5. The van der Waals surface area contributed by atoms with Crippen LogP contribution in [0.3, 0.4) is 0 Å². The molecule has 0 spiro atoms. The summed E-state index contributed by atoms with van der Waals surface area (Å²) < 4.78 is 0. The van der Waals surface area contributed by atoms with E-state index in [9.17, 15) is 14.4 Å². The standard InChI is InChI=1S/C13H22N2O4/c1-9(8-11(16)14-7-6-12(17)18)15-13(19)10-4-2-3-5-10/h9-10H,2-8H2,1H3,(H,14,16)(H,15,19)(H,17,18). The maximum absolute atomic E-state index is 11.8. The normalized spacial score (nSPS) is 16.9. The fourth-order valence-electron chi connectivity index (χ4n) is 2.26. The van der Waals surface area contributed by atoms with E-state index >= 15 is 0 Å². The second-order valence-corrected chi connectivity index (χ2v) is 5.09. The van der Waals surface area contributed by atoms with Gasteiger partial charge in [-0.2, -0.15) is 0 Å². The van der Waals surface area contributed by atoms with Crippen molar-refractivity contribution in [1.29, 1.82) is 0 Å². The number of hydrogen-bond acceptors (Lipinski definition) is 3. The molecule has 1 fully saturated rings. The third-order valence-electron chi connectivity index (χ3n) is 3.27. The lowest BCUT2D eigenvalue weighted by Crippen LogP contribution is -2.40. The number of carboxylic acid groups (broad SMARTS) is 1. The van der Waals surface area contributed by atoms with E-state index in [1.165, 1.54) is 0 Å². The maximum atomic E-state index is 11.8. The van der Waals surface area contributed by atoms with Crippen LogP contribution in [0.5, 0.6) is 0 Å². The van der Waals surface area contributed by atoms with Crippen LogP contribution in [0.4, 0.5) is 0 Å². The molecule has 1 aliphatic rings. The maximum Gasteiger partial charge on any atom is 0.305 e. The molecule has 1 rings (SSSR count). The zero-order valence-corrected chi connectivity index (χ0v) is 11.3. The van der Waals surface area contributed by atoms with Crippen LogP contribution in [0.1, 0.15) is 45.4 Å². The number of nitrogens with one attached hydrogen (secondary N) is 2. The molecular formula is C13H22N2O4. The first-order valence-corrected chi connectivity index (χ1v) is 6.78. The van der Waals surface area contributed by atoms with Gasteiger partial charge in [-0.25, -0.2) is 0 Å². The average Bonchev–Trinajstić information content (AvgIpc) is 2.81. The zero-order chi connectivity index (χ0) is 14.3. The number of rotatable bonds is 7. The Kier molecular flexibility index (Phi) is 6.32. The molecule has 2 amide bonds. The van der Waals surface area contributed by atoms with Gasteiger partial charge in [0.1, 0.15) is 0 Å². The highest BCUT2D eigenvalue weighted by molar-refractivity contribution is 5.81. The second-order valence-electron chi connectivity index (χ2n) is 5.09. The van der Waals surface area contributed by atoms with Crippen LogP contribution in [-0.2, 0) is 14.4 Å². The van der Waals surface area contributed by atoms with Crippen molar-refractivity contribution in [1.82, 2.24) is 10.6 Å². The minimum atomic E-state index is -0.942. The van der Waals surface area contributed by atoms with Crippen LogP contribution in [0.25, 0.3) is 0 Å². The summed E-state index contributed by atoms with van der Waals surface area (Å²) in [4.78, 5) is 33.6. The summed E-state index contributed by atoms with van der Waals surface area (Å²) >= 11 is 0. The van der Waals surface area contributed by atoms with E-state index in [1.807, 2.05) is 0 Å². The van der Waals surface area contributed by atoms with Gasteiger partial charge in [-0.1, -0.05) is 12.8 Å². The molecule has 19 heavy (non-hydrogen) atoms. The minimum absolute atomic E-state index is 0.0309. The van der Waals surface area contributed by atoms with E-state index in [4.69, 9.17) is 5.11 Å². The number of hydrogen-bond donors (Lipinski definition) is 3. The molecule has 0 aliphatic heterocycles. The molecule has 1 saturated carbocycles. The van der Waals surface area contributed by atoms with E-state index in [-0.39, 0.29) is 43.2 Å². The molecule has 0 bridgehead atoms. The zero-order valence-electron chi connectivity index (χ0n) is 11.3. The van der Waals surface area contributed by atoms with Crippen molar-refractivity contribution in [2.45, 2.75) is 51.5 Å². The van der Waals surface area contributed by atoms with Gasteiger partial charge in [-0.05, 0) is 19.8 Å². The van der Waals surface area contributed by atoms with Crippen molar-refractivity contribution in [2.24, 2.45) is 5.92 Å². The van der Waals surface area contributed by atoms with Gasteiger partial charge in [-0.3, -0.25) is 14.4 Å². The van der Waals surface area contributed by atoms with Gasteiger partial charge < -0.3 is 15.7 Å². The molecule has 0 heterocycles. The van der Waals surface area contributed by atoms with Crippen molar-refractivity contribution in [3.05, 3.63) is 0 Å². The molecular weight excluding hydrogens is 248 g/mol. The molecule has 0 radical (unpaired) electrons. The fourth-order valence-corrected chi connectivity index (χ4v) is 2.26. The Morgan fingerprint density at radius 3 is 2.47 bits per heavy atom. The lowest BCUT2D eigenvalue weighted by molar-refractivity contribution is -0.137. The van der Waals surface area contributed by atoms with E-state index in [2.05, 4.69) is 10.6 Å². The number of carboxylic acids is 1. The smallest absolute Gasteiger partial charge is 0.305 e. The number of amides is 2. The Morgan fingerprint density at radius 1 is 1.26 bits per heavy atom. The highest BCUT2D eigenvalue weighted by Gasteiger charge is 2.24. The summed E-state index contributed by atoms with van der Waals surface area (Å²) in [5.41, 5.74) is 0. The molecule has 0 saturated heterocycles. The highest BCUT2D eigenvalue weighted by Crippen LogP contribution is 2.24. The Balaban J connectivity index is 2.18. The molecule has 108 valence electrons. The minimum Gasteiger partial charge on any atom is -0.481 e. The lowest BCUT2D eigenvalue weighted by atomic mass is 10.1. The molecule has 6 nitrogen and oxygen atoms in total. The van der Waals surface area contributed by atoms with Crippen LogP contribution in [0.2, 0.25) is 0 Å². The van der Waals surface area contributed by atoms with Gasteiger partial charge in [0.25, 0.3) is 0 Å². The molecule has 1 atom stereocenters. The number of aliphatic carboxylic acids is 1. The fraction of sp³-hybridized carbons (Fsp3) is 0.769. The molecule has 0 aromatic carbocycles. The van der Waals surface area contributed by atoms with Crippen molar-refractivity contribution >= 4 is 17.8 Å². The van der Waals surface area contributed by atoms with Crippen molar-refractivity contribution < 1.29 is 19.5 Å². The second kappa shape index (κ2) is 7.76. The predicted octanol–water partition coefficient (Wildman–Crippen LogP) is 0.662. The van der Waals surface area contributed by atoms with Crippen LogP contribution < -0.4 is 10.6 Å². The Hall–Kier alpha value is -1.59. The first-order chi connectivity index (χ1) is 8.99.